The van der Waals surface area contributed by atoms with Gasteiger partial charge in [-0.2, -0.15) is 0 Å². The van der Waals surface area contributed by atoms with Gasteiger partial charge >= 0.3 is 0 Å². The van der Waals surface area contributed by atoms with Crippen LogP contribution < -0.4 is 9.47 Å². The van der Waals surface area contributed by atoms with Gasteiger partial charge in [-0.25, -0.2) is 9.97 Å². The molecule has 0 amide bonds. The van der Waals surface area contributed by atoms with Crippen molar-refractivity contribution in [3.8, 4) is 34.4 Å². The summed E-state index contributed by atoms with van der Waals surface area (Å²) in [4.78, 5) is 8.38. The van der Waals surface area contributed by atoms with Crippen LogP contribution in [0.5, 0.6) is 23.3 Å². The van der Waals surface area contributed by atoms with Crippen molar-refractivity contribution in [3.63, 3.8) is 0 Å². The van der Waals surface area contributed by atoms with Crippen LogP contribution in [0.25, 0.3) is 11.1 Å². The number of rotatable bonds is 5. The predicted octanol–water partition coefficient (Wildman–Crippen LogP) is 5.73. The van der Waals surface area contributed by atoms with E-state index < -0.39 is 0 Å². The fourth-order valence-electron chi connectivity index (χ4n) is 2.53. The Morgan fingerprint density at radius 1 is 0.500 bits per heavy atom. The van der Waals surface area contributed by atoms with Crippen molar-refractivity contribution in [2.45, 2.75) is 0 Å². The summed E-state index contributed by atoms with van der Waals surface area (Å²) in [6, 6.07) is 26.9. The lowest BCUT2D eigenvalue weighted by atomic mass is 10.1. The fourth-order valence-corrected chi connectivity index (χ4v) is 2.53. The minimum atomic E-state index is 0.567. The molecule has 0 aliphatic heterocycles. The molecule has 4 aromatic rings. The van der Waals surface area contributed by atoms with Gasteiger partial charge in [0, 0.05) is 24.5 Å². The highest BCUT2D eigenvalue weighted by molar-refractivity contribution is 5.66. The Morgan fingerprint density at radius 3 is 1.42 bits per heavy atom. The van der Waals surface area contributed by atoms with Gasteiger partial charge in [0.25, 0.3) is 0 Å². The normalized spacial score (nSPS) is 10.3. The lowest BCUT2D eigenvalue weighted by molar-refractivity contribution is 0.462. The molecule has 26 heavy (non-hydrogen) atoms. The molecule has 0 aliphatic rings. The highest BCUT2D eigenvalue weighted by Gasteiger charge is 2.04. The first-order chi connectivity index (χ1) is 12.9. The molecule has 0 spiro atoms. The number of nitrogens with zero attached hydrogens (tertiary/aromatic N) is 2. The fraction of sp³-hybridized carbons (Fsp3) is 0. The molecule has 0 N–H and O–H groups in total. The van der Waals surface area contributed by atoms with Crippen molar-refractivity contribution in [2.75, 3.05) is 0 Å². The van der Waals surface area contributed by atoms with Crippen LogP contribution in [0.15, 0.2) is 97.3 Å². The van der Waals surface area contributed by atoms with E-state index >= 15 is 0 Å². The first-order valence-corrected chi connectivity index (χ1v) is 8.25. The van der Waals surface area contributed by atoms with Crippen molar-refractivity contribution in [1.82, 2.24) is 9.97 Å². The van der Waals surface area contributed by atoms with Gasteiger partial charge in [0.1, 0.15) is 11.5 Å². The number of benzene rings is 2. The average molecular weight is 340 g/mol. The Balaban J connectivity index is 1.57. The number of hydrogen-bond donors (Lipinski definition) is 0. The molecule has 4 heteroatoms. The van der Waals surface area contributed by atoms with Crippen LogP contribution in [0.3, 0.4) is 0 Å². The van der Waals surface area contributed by atoms with Gasteiger partial charge in [-0.15, -0.1) is 0 Å². The first kappa shape index (κ1) is 15.8. The second-order valence-electron chi connectivity index (χ2n) is 5.60. The molecule has 0 radical (unpaired) electrons. The Morgan fingerprint density at radius 2 is 1.00 bits per heavy atom. The summed E-state index contributed by atoms with van der Waals surface area (Å²) in [7, 11) is 0. The molecule has 4 nitrogen and oxygen atoms in total. The topological polar surface area (TPSA) is 44.2 Å². The Labute approximate surface area is 151 Å². The van der Waals surface area contributed by atoms with E-state index in [9.17, 15) is 0 Å². The molecule has 0 aliphatic carbocycles. The number of aromatic nitrogens is 2. The number of hydrogen-bond acceptors (Lipinski definition) is 4. The summed E-state index contributed by atoms with van der Waals surface area (Å²) < 4.78 is 11.6. The van der Waals surface area contributed by atoms with Gasteiger partial charge in [-0.05, 0) is 47.5 Å². The maximum atomic E-state index is 5.81. The minimum Gasteiger partial charge on any atom is -0.439 e. The van der Waals surface area contributed by atoms with Crippen LogP contribution in [0.4, 0.5) is 0 Å². The van der Waals surface area contributed by atoms with E-state index in [0.717, 1.165) is 22.6 Å². The third-order valence-electron chi connectivity index (χ3n) is 3.72. The van der Waals surface area contributed by atoms with Gasteiger partial charge in [0.05, 0.1) is 0 Å². The first-order valence-electron chi connectivity index (χ1n) is 8.25. The third kappa shape index (κ3) is 3.87. The van der Waals surface area contributed by atoms with E-state index in [0.29, 0.717) is 11.8 Å². The highest BCUT2D eigenvalue weighted by atomic mass is 16.5. The van der Waals surface area contributed by atoms with Crippen molar-refractivity contribution >= 4 is 0 Å². The standard InChI is InChI=1S/C22H16N2O2/c1-3-13-23-21(11-1)25-19-9-5-7-17(15-19)18-8-6-10-20(16-18)26-22-12-2-4-14-24-22/h1-16H. The smallest absolute Gasteiger partial charge is 0.219 e. The zero-order valence-electron chi connectivity index (χ0n) is 13.9. The second kappa shape index (κ2) is 7.49. The Kier molecular flexibility index (Phi) is 4.56. The largest absolute Gasteiger partial charge is 0.439 e. The van der Waals surface area contributed by atoms with E-state index in [1.807, 2.05) is 84.9 Å². The van der Waals surface area contributed by atoms with Gasteiger partial charge in [-0.1, -0.05) is 36.4 Å². The van der Waals surface area contributed by atoms with Gasteiger partial charge in [0.2, 0.25) is 11.8 Å². The van der Waals surface area contributed by atoms with Crippen LogP contribution in [-0.2, 0) is 0 Å². The zero-order valence-corrected chi connectivity index (χ0v) is 13.9. The van der Waals surface area contributed by atoms with Crippen LogP contribution in [0, 0.1) is 0 Å². The lowest BCUT2D eigenvalue weighted by Gasteiger charge is -2.09. The van der Waals surface area contributed by atoms with Crippen LogP contribution >= 0.6 is 0 Å². The van der Waals surface area contributed by atoms with E-state index in [-0.39, 0.29) is 0 Å². The maximum Gasteiger partial charge on any atom is 0.219 e. The molecule has 2 heterocycles. The molecule has 2 aromatic heterocycles. The molecule has 2 aromatic carbocycles. The second-order valence-corrected chi connectivity index (χ2v) is 5.60. The zero-order chi connectivity index (χ0) is 17.6. The monoisotopic (exact) mass is 340 g/mol. The molecule has 0 bridgehead atoms. The number of pyridine rings is 2. The molecule has 0 unspecified atom stereocenters. The van der Waals surface area contributed by atoms with E-state index in [1.165, 1.54) is 0 Å². The summed E-state index contributed by atoms with van der Waals surface area (Å²) in [6.07, 6.45) is 3.41. The van der Waals surface area contributed by atoms with Gasteiger partial charge < -0.3 is 9.47 Å². The van der Waals surface area contributed by atoms with E-state index in [4.69, 9.17) is 9.47 Å². The number of ether oxygens (including phenoxy) is 2. The third-order valence-corrected chi connectivity index (χ3v) is 3.72. The average Bonchev–Trinajstić information content (AvgIpc) is 2.70. The lowest BCUT2D eigenvalue weighted by Crippen LogP contribution is -1.89. The molecule has 0 saturated heterocycles. The highest BCUT2D eigenvalue weighted by Crippen LogP contribution is 2.29. The predicted molar refractivity (Wildman–Crippen MR) is 101 cm³/mol. The molecular formula is C22H16N2O2. The molecular weight excluding hydrogens is 324 g/mol. The molecule has 126 valence electrons. The summed E-state index contributed by atoms with van der Waals surface area (Å²) in [5.74, 6) is 2.60. The molecule has 0 saturated carbocycles. The van der Waals surface area contributed by atoms with Gasteiger partial charge in [-0.3, -0.25) is 0 Å². The van der Waals surface area contributed by atoms with E-state index in [1.54, 1.807) is 12.4 Å². The van der Waals surface area contributed by atoms with Crippen molar-refractivity contribution < 1.29 is 9.47 Å². The van der Waals surface area contributed by atoms with Crippen LogP contribution in [0.2, 0.25) is 0 Å². The minimum absolute atomic E-state index is 0.567. The molecule has 4 rings (SSSR count). The summed E-state index contributed by atoms with van der Waals surface area (Å²) in [6.45, 7) is 0. The quantitative estimate of drug-likeness (QED) is 0.465. The van der Waals surface area contributed by atoms with Crippen molar-refractivity contribution in [3.05, 3.63) is 97.3 Å². The maximum absolute atomic E-state index is 5.81. The SMILES string of the molecule is c1ccc(Oc2cccc(-c3cccc(Oc4ccccn4)c3)c2)nc1. The summed E-state index contributed by atoms with van der Waals surface area (Å²) in [5, 5.41) is 0. The molecule has 0 atom stereocenters. The van der Waals surface area contributed by atoms with E-state index in [2.05, 4.69) is 9.97 Å². The van der Waals surface area contributed by atoms with Crippen molar-refractivity contribution in [2.24, 2.45) is 0 Å². The summed E-state index contributed by atoms with van der Waals surface area (Å²) in [5.41, 5.74) is 2.06. The van der Waals surface area contributed by atoms with Crippen LogP contribution in [0.1, 0.15) is 0 Å². The van der Waals surface area contributed by atoms with Crippen molar-refractivity contribution in [1.29, 1.82) is 0 Å². The molecule has 0 fully saturated rings. The van der Waals surface area contributed by atoms with Crippen LogP contribution in [-0.4, -0.2) is 9.97 Å². The summed E-state index contributed by atoms with van der Waals surface area (Å²) >= 11 is 0. The van der Waals surface area contributed by atoms with Gasteiger partial charge in [0.15, 0.2) is 0 Å². The Bertz CT molecular complexity index is 906. The Hall–Kier alpha value is -3.66.